The molecule has 2 aromatic rings. The molecule has 2 rings (SSSR count). The fourth-order valence-corrected chi connectivity index (χ4v) is 2.63. The fourth-order valence-electron chi connectivity index (χ4n) is 2.63. The Morgan fingerprint density at radius 2 is 1.60 bits per heavy atom. The van der Waals surface area contributed by atoms with Gasteiger partial charge in [0.1, 0.15) is 6.54 Å². The maximum Gasteiger partial charge on any atom is 0.242 e. The Kier molecular flexibility index (Phi) is 13.5. The second kappa shape index (κ2) is 15.7. The summed E-state index contributed by atoms with van der Waals surface area (Å²) in [7, 11) is 0. The van der Waals surface area contributed by atoms with Crippen molar-refractivity contribution in [1.29, 1.82) is 0 Å². The minimum absolute atomic E-state index is 0. The summed E-state index contributed by atoms with van der Waals surface area (Å²) >= 11 is 0. The maximum absolute atomic E-state index is 12.0. The van der Waals surface area contributed by atoms with Crippen molar-refractivity contribution in [3.05, 3.63) is 71.8 Å². The van der Waals surface area contributed by atoms with Crippen LogP contribution in [0.2, 0.25) is 0 Å². The number of halogens is 1. The number of nitrogens with one attached hydrogen (secondary N) is 3. The summed E-state index contributed by atoms with van der Waals surface area (Å²) in [4.78, 5) is 16.4. The Morgan fingerprint density at radius 3 is 2.23 bits per heavy atom. The van der Waals surface area contributed by atoms with Gasteiger partial charge in [-0.3, -0.25) is 4.79 Å². The van der Waals surface area contributed by atoms with Crippen LogP contribution >= 0.6 is 24.0 Å². The van der Waals surface area contributed by atoms with Crippen molar-refractivity contribution in [1.82, 2.24) is 16.0 Å². The zero-order valence-electron chi connectivity index (χ0n) is 17.8. The standard InChI is InChI=1S/C23H32N4O2.HI/c1-3-24-23(27-16-22(28)25-15-20-10-6-4-7-11-20)26-14-19(2)17-29-18-21-12-8-5-9-13-21;/h4-13,19H,3,14-18H2,1-2H3,(H,25,28)(H2,24,26,27);1H. The number of aliphatic imine (C=N–C) groups is 1. The van der Waals surface area contributed by atoms with Crippen molar-refractivity contribution in [2.75, 3.05) is 26.2 Å². The largest absolute Gasteiger partial charge is 0.376 e. The number of guanidine groups is 1. The lowest BCUT2D eigenvalue weighted by atomic mass is 10.2. The smallest absolute Gasteiger partial charge is 0.242 e. The molecule has 2 aromatic carbocycles. The molecule has 0 saturated heterocycles. The number of nitrogens with zero attached hydrogens (tertiary/aromatic N) is 1. The van der Waals surface area contributed by atoms with Gasteiger partial charge in [-0.2, -0.15) is 0 Å². The summed E-state index contributed by atoms with van der Waals surface area (Å²) in [5.41, 5.74) is 2.24. The maximum atomic E-state index is 12.0. The van der Waals surface area contributed by atoms with Gasteiger partial charge in [-0.15, -0.1) is 24.0 Å². The molecule has 164 valence electrons. The van der Waals surface area contributed by atoms with Crippen LogP contribution in [-0.4, -0.2) is 38.1 Å². The number of amides is 1. The number of hydrogen-bond acceptors (Lipinski definition) is 3. The molecule has 0 aliphatic heterocycles. The van der Waals surface area contributed by atoms with Crippen LogP contribution in [0.3, 0.4) is 0 Å². The van der Waals surface area contributed by atoms with E-state index in [0.29, 0.717) is 38.2 Å². The molecule has 0 radical (unpaired) electrons. The van der Waals surface area contributed by atoms with E-state index in [0.717, 1.165) is 12.1 Å². The molecule has 0 aliphatic rings. The molecule has 0 fully saturated rings. The van der Waals surface area contributed by atoms with E-state index in [1.54, 1.807) is 0 Å². The number of rotatable bonds is 11. The zero-order valence-corrected chi connectivity index (χ0v) is 20.1. The number of ether oxygens (including phenoxy) is 1. The Morgan fingerprint density at radius 1 is 0.967 bits per heavy atom. The van der Waals surface area contributed by atoms with Crippen LogP contribution < -0.4 is 16.0 Å². The lowest BCUT2D eigenvalue weighted by Gasteiger charge is -2.16. The predicted molar refractivity (Wildman–Crippen MR) is 133 cm³/mol. The van der Waals surface area contributed by atoms with Gasteiger partial charge in [-0.05, 0) is 24.0 Å². The van der Waals surface area contributed by atoms with Crippen LogP contribution in [0, 0.1) is 5.92 Å². The molecular formula is C23H33IN4O2. The summed E-state index contributed by atoms with van der Waals surface area (Å²) in [6, 6.07) is 20.0. The van der Waals surface area contributed by atoms with Crippen LogP contribution in [0.4, 0.5) is 0 Å². The highest BCUT2D eigenvalue weighted by atomic mass is 127. The third kappa shape index (κ3) is 11.2. The first kappa shape index (κ1) is 25.9. The minimum Gasteiger partial charge on any atom is -0.376 e. The topological polar surface area (TPSA) is 74.8 Å². The highest BCUT2D eigenvalue weighted by Crippen LogP contribution is 2.03. The lowest BCUT2D eigenvalue weighted by molar-refractivity contribution is -0.119. The van der Waals surface area contributed by atoms with E-state index in [4.69, 9.17) is 4.74 Å². The minimum atomic E-state index is -0.106. The Bertz CT molecular complexity index is 741. The average Bonchev–Trinajstić information content (AvgIpc) is 2.75. The van der Waals surface area contributed by atoms with Gasteiger partial charge in [-0.25, -0.2) is 4.99 Å². The molecule has 0 heterocycles. The Hall–Kier alpha value is -2.13. The quantitative estimate of drug-likeness (QED) is 0.240. The van der Waals surface area contributed by atoms with Crippen molar-refractivity contribution in [2.45, 2.75) is 27.0 Å². The first-order chi connectivity index (χ1) is 14.2. The first-order valence-corrected chi connectivity index (χ1v) is 10.1. The molecule has 6 nitrogen and oxygen atoms in total. The molecule has 0 aromatic heterocycles. The van der Waals surface area contributed by atoms with Crippen LogP contribution in [0.5, 0.6) is 0 Å². The van der Waals surface area contributed by atoms with Crippen LogP contribution in [-0.2, 0) is 22.7 Å². The lowest BCUT2D eigenvalue weighted by Crippen LogP contribution is -2.41. The van der Waals surface area contributed by atoms with E-state index in [9.17, 15) is 4.79 Å². The van der Waals surface area contributed by atoms with Gasteiger partial charge in [0.2, 0.25) is 5.91 Å². The zero-order chi connectivity index (χ0) is 20.7. The molecule has 0 bridgehead atoms. The molecule has 1 amide bonds. The molecule has 0 aliphatic carbocycles. The second-order valence-electron chi connectivity index (χ2n) is 6.94. The van der Waals surface area contributed by atoms with Gasteiger partial charge in [0.25, 0.3) is 0 Å². The van der Waals surface area contributed by atoms with Gasteiger partial charge < -0.3 is 20.7 Å². The van der Waals surface area contributed by atoms with E-state index in [-0.39, 0.29) is 36.4 Å². The molecule has 1 unspecified atom stereocenters. The first-order valence-electron chi connectivity index (χ1n) is 10.1. The average molecular weight is 524 g/mol. The van der Waals surface area contributed by atoms with Crippen molar-refractivity contribution in [3.8, 4) is 0 Å². The number of benzene rings is 2. The molecular weight excluding hydrogens is 491 g/mol. The molecule has 1 atom stereocenters. The summed E-state index contributed by atoms with van der Waals surface area (Å²) in [6.45, 7) is 7.42. The van der Waals surface area contributed by atoms with Crippen LogP contribution in [0.15, 0.2) is 65.7 Å². The monoisotopic (exact) mass is 524 g/mol. The van der Waals surface area contributed by atoms with Gasteiger partial charge in [0.05, 0.1) is 13.2 Å². The van der Waals surface area contributed by atoms with Crippen molar-refractivity contribution >= 4 is 35.8 Å². The van der Waals surface area contributed by atoms with E-state index in [1.165, 1.54) is 5.56 Å². The fraction of sp³-hybridized carbons (Fsp3) is 0.391. The summed E-state index contributed by atoms with van der Waals surface area (Å²) in [6.07, 6.45) is 0. The van der Waals surface area contributed by atoms with E-state index >= 15 is 0 Å². The predicted octanol–water partition coefficient (Wildman–Crippen LogP) is 3.33. The van der Waals surface area contributed by atoms with Gasteiger partial charge in [-0.1, -0.05) is 67.6 Å². The van der Waals surface area contributed by atoms with E-state index in [1.807, 2.05) is 55.5 Å². The number of hydrogen-bond donors (Lipinski definition) is 3. The third-order valence-corrected chi connectivity index (χ3v) is 4.19. The van der Waals surface area contributed by atoms with Crippen molar-refractivity contribution < 1.29 is 9.53 Å². The van der Waals surface area contributed by atoms with Gasteiger partial charge >= 0.3 is 0 Å². The second-order valence-corrected chi connectivity index (χ2v) is 6.94. The van der Waals surface area contributed by atoms with Crippen LogP contribution in [0.1, 0.15) is 25.0 Å². The highest BCUT2D eigenvalue weighted by molar-refractivity contribution is 14.0. The Labute approximate surface area is 196 Å². The van der Waals surface area contributed by atoms with Crippen molar-refractivity contribution in [3.63, 3.8) is 0 Å². The SMILES string of the molecule is CCNC(=NCC(=O)NCc1ccccc1)NCC(C)COCc1ccccc1.I. The van der Waals surface area contributed by atoms with Crippen LogP contribution in [0.25, 0.3) is 0 Å². The van der Waals surface area contributed by atoms with E-state index in [2.05, 4.69) is 40.0 Å². The summed E-state index contributed by atoms with van der Waals surface area (Å²) in [5, 5.41) is 9.33. The number of carbonyl (C=O) groups is 1. The molecule has 0 spiro atoms. The third-order valence-electron chi connectivity index (χ3n) is 4.19. The number of carbonyl (C=O) groups excluding carboxylic acids is 1. The van der Waals surface area contributed by atoms with Gasteiger partial charge in [0, 0.05) is 19.6 Å². The normalized spacial score (nSPS) is 11.9. The van der Waals surface area contributed by atoms with Crippen molar-refractivity contribution in [2.24, 2.45) is 10.9 Å². The molecule has 0 saturated carbocycles. The Balaban J connectivity index is 0.00000450. The molecule has 3 N–H and O–H groups in total. The summed E-state index contributed by atoms with van der Waals surface area (Å²) < 4.78 is 5.78. The summed E-state index contributed by atoms with van der Waals surface area (Å²) in [5.74, 6) is 0.844. The van der Waals surface area contributed by atoms with E-state index < -0.39 is 0 Å². The van der Waals surface area contributed by atoms with Gasteiger partial charge in [0.15, 0.2) is 5.96 Å². The highest BCUT2D eigenvalue weighted by Gasteiger charge is 2.06. The molecule has 7 heteroatoms. The molecule has 30 heavy (non-hydrogen) atoms.